The smallest absolute Gasteiger partial charge is 0.317 e. The Balaban J connectivity index is 0. The van der Waals surface area contributed by atoms with E-state index in [0.29, 0.717) is 0 Å². The average molecular weight is 372 g/mol. The van der Waals surface area contributed by atoms with Gasteiger partial charge in [-0.1, -0.05) is 83.8 Å². The van der Waals surface area contributed by atoms with Crippen LogP contribution in [-0.4, -0.2) is 29.6 Å². The molecular formula is C22H45NO3. The van der Waals surface area contributed by atoms with E-state index in [2.05, 4.69) is 31.3 Å². The van der Waals surface area contributed by atoms with Crippen molar-refractivity contribution >= 4 is 5.97 Å². The van der Waals surface area contributed by atoms with Gasteiger partial charge in [-0.2, -0.15) is 0 Å². The van der Waals surface area contributed by atoms with Crippen molar-refractivity contribution in [2.75, 3.05) is 13.1 Å². The molecule has 0 amide bonds. The largest absolute Gasteiger partial charge is 0.480 e. The number of carboxylic acids is 1. The molecule has 0 unspecified atom stereocenters. The zero-order chi connectivity index (χ0) is 18.6. The van der Waals surface area contributed by atoms with Gasteiger partial charge in [-0.3, -0.25) is 4.79 Å². The lowest BCUT2D eigenvalue weighted by molar-refractivity contribution is -0.135. The summed E-state index contributed by atoms with van der Waals surface area (Å²) in [4.78, 5) is 10.3. The van der Waals surface area contributed by atoms with E-state index in [4.69, 9.17) is 5.11 Å². The van der Waals surface area contributed by atoms with Crippen molar-refractivity contribution in [3.05, 3.63) is 12.2 Å². The maximum Gasteiger partial charge on any atom is 0.317 e. The van der Waals surface area contributed by atoms with Crippen molar-refractivity contribution in [1.82, 2.24) is 5.32 Å². The van der Waals surface area contributed by atoms with Gasteiger partial charge in [0.05, 0.1) is 6.54 Å². The van der Waals surface area contributed by atoms with Crippen LogP contribution in [0.3, 0.4) is 0 Å². The molecule has 0 aromatic rings. The second-order valence-electron chi connectivity index (χ2n) is 7.69. The number of carbonyl (C=O) groups is 1. The van der Waals surface area contributed by atoms with E-state index in [1.807, 2.05) is 0 Å². The Bertz CT molecular complexity index is 317. The molecule has 4 nitrogen and oxygen atoms in total. The normalized spacial score (nSPS) is 11.2. The van der Waals surface area contributed by atoms with E-state index in [1.165, 1.54) is 83.5 Å². The van der Waals surface area contributed by atoms with Gasteiger partial charge < -0.3 is 15.9 Å². The first-order chi connectivity index (χ1) is 12.1. The predicted octanol–water partition coefficient (Wildman–Crippen LogP) is 5.51. The van der Waals surface area contributed by atoms with Crippen LogP contribution in [0.4, 0.5) is 0 Å². The number of allylic oxidation sites excluding steroid dienone is 2. The summed E-state index contributed by atoms with van der Waals surface area (Å²) in [6, 6.07) is 0. The monoisotopic (exact) mass is 371 g/mol. The molecule has 0 aliphatic carbocycles. The van der Waals surface area contributed by atoms with Crippen LogP contribution in [-0.2, 0) is 4.79 Å². The average Bonchev–Trinajstić information content (AvgIpc) is 2.56. The Morgan fingerprint density at radius 3 is 1.77 bits per heavy atom. The van der Waals surface area contributed by atoms with Crippen LogP contribution in [0.1, 0.15) is 104 Å². The second-order valence-corrected chi connectivity index (χ2v) is 7.69. The van der Waals surface area contributed by atoms with E-state index in [-0.39, 0.29) is 12.0 Å². The molecular weight excluding hydrogens is 326 g/mol. The van der Waals surface area contributed by atoms with Crippen molar-refractivity contribution in [1.29, 1.82) is 0 Å². The maximum absolute atomic E-state index is 10.3. The third kappa shape index (κ3) is 25.4. The van der Waals surface area contributed by atoms with Gasteiger partial charge in [-0.15, -0.1) is 0 Å². The quantitative estimate of drug-likeness (QED) is 0.232. The highest BCUT2D eigenvalue weighted by Gasteiger charge is 1.95. The van der Waals surface area contributed by atoms with Crippen LogP contribution < -0.4 is 5.32 Å². The molecule has 4 heteroatoms. The van der Waals surface area contributed by atoms with Gasteiger partial charge in [0.25, 0.3) is 0 Å². The van der Waals surface area contributed by atoms with Crippen LogP contribution in [0.15, 0.2) is 12.2 Å². The van der Waals surface area contributed by atoms with Gasteiger partial charge in [0.2, 0.25) is 0 Å². The summed E-state index contributed by atoms with van der Waals surface area (Å²) in [5.74, 6) is 0.0958. The molecule has 0 saturated heterocycles. The highest BCUT2D eigenvalue weighted by atomic mass is 16.4. The summed E-state index contributed by atoms with van der Waals surface area (Å²) in [6.45, 7) is 5.54. The van der Waals surface area contributed by atoms with Crippen molar-refractivity contribution in [3.8, 4) is 0 Å². The number of aliphatic carboxylic acids is 1. The molecule has 4 N–H and O–H groups in total. The minimum absolute atomic E-state index is 0. The highest BCUT2D eigenvalue weighted by molar-refractivity contribution is 5.68. The Labute approximate surface area is 162 Å². The Kier molecular flexibility index (Phi) is 23.3. The molecule has 26 heavy (non-hydrogen) atoms. The van der Waals surface area contributed by atoms with Gasteiger partial charge in [0.1, 0.15) is 0 Å². The van der Waals surface area contributed by atoms with Crippen LogP contribution >= 0.6 is 0 Å². The lowest BCUT2D eigenvalue weighted by atomic mass is 10.0. The van der Waals surface area contributed by atoms with E-state index in [1.54, 1.807) is 0 Å². The van der Waals surface area contributed by atoms with Crippen LogP contribution in [0.2, 0.25) is 0 Å². The fourth-order valence-corrected chi connectivity index (χ4v) is 3.00. The summed E-state index contributed by atoms with van der Waals surface area (Å²) in [6.07, 6.45) is 23.1. The van der Waals surface area contributed by atoms with Crippen molar-refractivity contribution in [2.24, 2.45) is 5.92 Å². The summed E-state index contributed by atoms with van der Waals surface area (Å²) < 4.78 is 0. The first-order valence-electron chi connectivity index (χ1n) is 10.7. The van der Waals surface area contributed by atoms with Crippen LogP contribution in [0, 0.1) is 5.92 Å². The fourth-order valence-electron chi connectivity index (χ4n) is 3.00. The highest BCUT2D eigenvalue weighted by Crippen LogP contribution is 2.12. The van der Waals surface area contributed by atoms with Gasteiger partial charge >= 0.3 is 5.97 Å². The minimum Gasteiger partial charge on any atom is -0.480 e. The predicted molar refractivity (Wildman–Crippen MR) is 113 cm³/mol. The van der Waals surface area contributed by atoms with E-state index in [0.717, 1.165) is 18.9 Å². The lowest BCUT2D eigenvalue weighted by Gasteiger charge is -2.03. The summed E-state index contributed by atoms with van der Waals surface area (Å²) in [7, 11) is 0. The molecule has 0 spiro atoms. The number of hydrogen-bond acceptors (Lipinski definition) is 2. The first-order valence-corrected chi connectivity index (χ1v) is 10.7. The number of nitrogens with one attached hydrogen (secondary N) is 1. The minimum atomic E-state index is -0.769. The summed E-state index contributed by atoms with van der Waals surface area (Å²) in [5.41, 5.74) is 0. The van der Waals surface area contributed by atoms with Gasteiger partial charge in [0, 0.05) is 0 Å². The second kappa shape index (κ2) is 22.2. The van der Waals surface area contributed by atoms with Crippen molar-refractivity contribution < 1.29 is 15.4 Å². The van der Waals surface area contributed by atoms with E-state index >= 15 is 0 Å². The van der Waals surface area contributed by atoms with E-state index < -0.39 is 5.97 Å². The molecule has 0 heterocycles. The molecule has 0 aromatic carbocycles. The number of unbranched alkanes of at least 4 members (excludes halogenated alkanes) is 11. The lowest BCUT2D eigenvalue weighted by Crippen LogP contribution is -2.23. The number of carboxylic acid groups (broad SMARTS) is 1. The third-order valence-electron chi connectivity index (χ3n) is 4.57. The number of rotatable bonds is 19. The molecule has 0 rings (SSSR count). The molecule has 0 aromatic heterocycles. The van der Waals surface area contributed by atoms with Crippen LogP contribution in [0.5, 0.6) is 0 Å². The molecule has 0 saturated carbocycles. The first kappa shape index (κ1) is 27.3. The summed E-state index contributed by atoms with van der Waals surface area (Å²) >= 11 is 0. The van der Waals surface area contributed by atoms with Gasteiger partial charge in [0.15, 0.2) is 0 Å². The standard InChI is InChI=1S/C22H43NO2.H2O/c1-21(2)18-16-14-12-10-8-6-4-3-5-7-9-11-13-15-17-19-23-20-22(24)25;/h3-4,21,23H,5-20H2,1-2H3,(H,24,25);1H2/b4-3-;. The SMILES string of the molecule is CC(C)CCCCCCC/C=C\CCCCCCCCNCC(=O)O.O. The van der Waals surface area contributed by atoms with Crippen LogP contribution in [0.25, 0.3) is 0 Å². The topological polar surface area (TPSA) is 80.8 Å². The number of hydrogen-bond donors (Lipinski definition) is 2. The van der Waals surface area contributed by atoms with Gasteiger partial charge in [-0.25, -0.2) is 0 Å². The maximum atomic E-state index is 10.3. The molecule has 0 aliphatic rings. The van der Waals surface area contributed by atoms with Crippen molar-refractivity contribution in [2.45, 2.75) is 104 Å². The zero-order valence-electron chi connectivity index (χ0n) is 17.4. The van der Waals surface area contributed by atoms with Crippen molar-refractivity contribution in [3.63, 3.8) is 0 Å². The Morgan fingerprint density at radius 2 is 1.27 bits per heavy atom. The zero-order valence-corrected chi connectivity index (χ0v) is 17.4. The molecule has 0 bridgehead atoms. The molecule has 156 valence electrons. The molecule has 0 radical (unpaired) electrons. The Hall–Kier alpha value is -0.870. The molecule has 0 fully saturated rings. The molecule has 0 aliphatic heterocycles. The van der Waals surface area contributed by atoms with E-state index in [9.17, 15) is 4.79 Å². The molecule has 0 atom stereocenters. The van der Waals surface area contributed by atoms with Gasteiger partial charge in [-0.05, 0) is 44.6 Å². The third-order valence-corrected chi connectivity index (χ3v) is 4.57. The Morgan fingerprint density at radius 1 is 0.808 bits per heavy atom. The summed E-state index contributed by atoms with van der Waals surface area (Å²) in [5, 5.41) is 11.4. The fraction of sp³-hybridized carbons (Fsp3) is 0.864.